The van der Waals surface area contributed by atoms with Crippen molar-refractivity contribution in [3.63, 3.8) is 0 Å². The molecule has 0 spiro atoms. The average Bonchev–Trinajstić information content (AvgIpc) is 3.05. The number of carbonyl (C=O) groups excluding carboxylic acids is 2. The van der Waals surface area contributed by atoms with Crippen LogP contribution < -0.4 is 4.74 Å². The summed E-state index contributed by atoms with van der Waals surface area (Å²) >= 11 is 2.17. The minimum absolute atomic E-state index is 0.0354. The molecule has 6 unspecified atom stereocenters. The highest BCUT2D eigenvalue weighted by molar-refractivity contribution is 14.1. The van der Waals surface area contributed by atoms with Gasteiger partial charge in [0, 0.05) is 15.4 Å². The van der Waals surface area contributed by atoms with Crippen molar-refractivity contribution in [1.29, 1.82) is 0 Å². The lowest BCUT2D eigenvalue weighted by Crippen LogP contribution is -2.42. The summed E-state index contributed by atoms with van der Waals surface area (Å²) in [5.41, 5.74) is 0. The normalized spacial score (nSPS) is 39.4. The third kappa shape index (κ3) is 1.92. The van der Waals surface area contributed by atoms with Gasteiger partial charge in [0.15, 0.2) is 0 Å². The van der Waals surface area contributed by atoms with Crippen molar-refractivity contribution in [2.75, 3.05) is 0 Å². The summed E-state index contributed by atoms with van der Waals surface area (Å²) < 4.78 is 11.6. The number of aliphatic hydroxyl groups excluding tert-OH is 1. The predicted molar refractivity (Wildman–Crippen MR) is 79.3 cm³/mol. The second kappa shape index (κ2) is 4.67. The Morgan fingerprint density at radius 3 is 2.71 bits per heavy atom. The van der Waals surface area contributed by atoms with Crippen LogP contribution in [0.15, 0.2) is 24.3 Å². The van der Waals surface area contributed by atoms with E-state index in [0.29, 0.717) is 12.2 Å². The molecule has 1 N–H and O–H groups in total. The zero-order chi connectivity index (χ0) is 14.7. The lowest BCUT2D eigenvalue weighted by molar-refractivity contribution is -0.149. The lowest BCUT2D eigenvalue weighted by Gasteiger charge is -2.26. The first kappa shape index (κ1) is 13.5. The van der Waals surface area contributed by atoms with Crippen molar-refractivity contribution >= 4 is 34.5 Å². The van der Waals surface area contributed by atoms with E-state index >= 15 is 0 Å². The van der Waals surface area contributed by atoms with Gasteiger partial charge >= 0.3 is 11.9 Å². The average molecular weight is 400 g/mol. The Labute approximate surface area is 134 Å². The maximum Gasteiger partial charge on any atom is 0.315 e. The van der Waals surface area contributed by atoms with Crippen LogP contribution in [0.4, 0.5) is 0 Å². The van der Waals surface area contributed by atoms with E-state index in [9.17, 15) is 14.7 Å². The molecule has 1 heterocycles. The molecule has 1 aromatic rings. The number of aliphatic hydroxyl groups is 1. The standard InChI is InChI=1S/C15H13IO5/c16-6-1-3-7(4-2-6)20-14(18)10-8-5-9-11(10)15(19)21-13(9)12(8)17/h1-4,8-13,17H,5H2. The molecule has 3 fully saturated rings. The smallest absolute Gasteiger partial charge is 0.315 e. The molecule has 1 aliphatic heterocycles. The zero-order valence-corrected chi connectivity index (χ0v) is 13.1. The van der Waals surface area contributed by atoms with Crippen LogP contribution in [0.5, 0.6) is 5.75 Å². The summed E-state index contributed by atoms with van der Waals surface area (Å²) in [5.74, 6) is -1.64. The maximum absolute atomic E-state index is 12.4. The van der Waals surface area contributed by atoms with Gasteiger partial charge in [0.1, 0.15) is 11.9 Å². The Balaban J connectivity index is 1.57. The summed E-state index contributed by atoms with van der Waals surface area (Å²) in [7, 11) is 0. The second-order valence-corrected chi connectivity index (χ2v) is 7.13. The molecule has 0 radical (unpaired) electrons. The molecule has 6 atom stereocenters. The Morgan fingerprint density at radius 1 is 1.29 bits per heavy atom. The number of carbonyl (C=O) groups is 2. The van der Waals surface area contributed by atoms with Gasteiger partial charge in [-0.1, -0.05) is 0 Å². The molecule has 1 saturated heterocycles. The molecule has 4 rings (SSSR count). The van der Waals surface area contributed by atoms with Crippen LogP contribution in [-0.2, 0) is 14.3 Å². The fourth-order valence-corrected chi connectivity index (χ4v) is 4.39. The summed E-state index contributed by atoms with van der Waals surface area (Å²) in [5, 5.41) is 10.2. The molecule has 1 aromatic carbocycles. The van der Waals surface area contributed by atoms with E-state index < -0.39 is 30.0 Å². The Bertz CT molecular complexity index is 613. The first-order valence-corrected chi connectivity index (χ1v) is 8.00. The van der Waals surface area contributed by atoms with Gasteiger partial charge in [-0.3, -0.25) is 9.59 Å². The van der Waals surface area contributed by atoms with E-state index in [2.05, 4.69) is 22.6 Å². The van der Waals surface area contributed by atoms with Crippen molar-refractivity contribution in [3.8, 4) is 5.75 Å². The van der Waals surface area contributed by atoms with E-state index in [1.165, 1.54) is 0 Å². The lowest BCUT2D eigenvalue weighted by atomic mass is 9.78. The number of benzene rings is 1. The molecule has 0 amide bonds. The summed E-state index contributed by atoms with van der Waals surface area (Å²) in [6, 6.07) is 7.13. The fraction of sp³-hybridized carbons (Fsp3) is 0.467. The van der Waals surface area contributed by atoms with Crippen LogP contribution in [0.25, 0.3) is 0 Å². The SMILES string of the molecule is O=C(Oc1ccc(I)cc1)C1C2CC3C(OC(=O)C31)C2O. The van der Waals surface area contributed by atoms with Crippen molar-refractivity contribution in [1.82, 2.24) is 0 Å². The van der Waals surface area contributed by atoms with Crippen LogP contribution in [-0.4, -0.2) is 29.3 Å². The Hall–Kier alpha value is -1.15. The summed E-state index contributed by atoms with van der Waals surface area (Å²) in [6.07, 6.45) is -0.504. The third-order valence-corrected chi connectivity index (χ3v) is 5.60. The highest BCUT2D eigenvalue weighted by atomic mass is 127. The van der Waals surface area contributed by atoms with E-state index in [-0.39, 0.29) is 17.8 Å². The number of rotatable bonds is 2. The first-order chi connectivity index (χ1) is 10.1. The molecular weight excluding hydrogens is 387 g/mol. The number of hydrogen-bond donors (Lipinski definition) is 1. The molecule has 110 valence electrons. The molecule has 2 saturated carbocycles. The molecule has 0 aromatic heterocycles. The highest BCUT2D eigenvalue weighted by Gasteiger charge is 2.68. The van der Waals surface area contributed by atoms with Gasteiger partial charge < -0.3 is 14.6 Å². The van der Waals surface area contributed by atoms with E-state index in [4.69, 9.17) is 9.47 Å². The highest BCUT2D eigenvalue weighted by Crippen LogP contribution is 2.57. The zero-order valence-electron chi connectivity index (χ0n) is 10.9. The quantitative estimate of drug-likeness (QED) is 0.461. The first-order valence-electron chi connectivity index (χ1n) is 6.92. The van der Waals surface area contributed by atoms with Gasteiger partial charge in [0.2, 0.25) is 0 Å². The van der Waals surface area contributed by atoms with E-state index in [0.717, 1.165) is 3.57 Å². The minimum atomic E-state index is -0.744. The van der Waals surface area contributed by atoms with Gasteiger partial charge in [0.25, 0.3) is 0 Å². The minimum Gasteiger partial charge on any atom is -0.459 e. The predicted octanol–water partition coefficient (Wildman–Crippen LogP) is 1.36. The van der Waals surface area contributed by atoms with Crippen LogP contribution in [0.3, 0.4) is 0 Å². The molecule has 2 bridgehead atoms. The Morgan fingerprint density at radius 2 is 2.00 bits per heavy atom. The van der Waals surface area contributed by atoms with Crippen LogP contribution in [0, 0.1) is 27.2 Å². The largest absolute Gasteiger partial charge is 0.459 e. The monoisotopic (exact) mass is 400 g/mol. The summed E-state index contributed by atoms with van der Waals surface area (Å²) in [4.78, 5) is 24.3. The topological polar surface area (TPSA) is 72.8 Å². The van der Waals surface area contributed by atoms with Crippen molar-refractivity contribution in [2.24, 2.45) is 23.7 Å². The summed E-state index contributed by atoms with van der Waals surface area (Å²) in [6.45, 7) is 0. The number of ether oxygens (including phenoxy) is 2. The third-order valence-electron chi connectivity index (χ3n) is 4.88. The fourth-order valence-electron chi connectivity index (χ4n) is 4.03. The van der Waals surface area contributed by atoms with Gasteiger partial charge in [-0.15, -0.1) is 0 Å². The molecule has 3 aliphatic rings. The molecule has 2 aliphatic carbocycles. The maximum atomic E-state index is 12.4. The van der Waals surface area contributed by atoms with Gasteiger partial charge in [0.05, 0.1) is 17.9 Å². The van der Waals surface area contributed by atoms with Crippen molar-refractivity contribution in [2.45, 2.75) is 18.6 Å². The molecule has 21 heavy (non-hydrogen) atoms. The second-order valence-electron chi connectivity index (χ2n) is 5.88. The van der Waals surface area contributed by atoms with Gasteiger partial charge in [-0.05, 0) is 53.3 Å². The van der Waals surface area contributed by atoms with Crippen LogP contribution in [0.2, 0.25) is 0 Å². The van der Waals surface area contributed by atoms with E-state index in [1.807, 2.05) is 12.1 Å². The van der Waals surface area contributed by atoms with Crippen LogP contribution >= 0.6 is 22.6 Å². The Kier molecular flexibility index (Phi) is 3.01. The van der Waals surface area contributed by atoms with Crippen molar-refractivity contribution < 1.29 is 24.2 Å². The molecule has 5 nitrogen and oxygen atoms in total. The molecule has 6 heteroatoms. The van der Waals surface area contributed by atoms with Crippen molar-refractivity contribution in [3.05, 3.63) is 27.8 Å². The number of fused-ring (bicyclic) bond motifs is 1. The van der Waals surface area contributed by atoms with Crippen LogP contribution in [0.1, 0.15) is 6.42 Å². The molecular formula is C15H13IO5. The number of halogens is 1. The number of hydrogen-bond acceptors (Lipinski definition) is 5. The van der Waals surface area contributed by atoms with Gasteiger partial charge in [-0.2, -0.15) is 0 Å². The van der Waals surface area contributed by atoms with E-state index in [1.54, 1.807) is 12.1 Å². The number of esters is 2. The van der Waals surface area contributed by atoms with Gasteiger partial charge in [-0.25, -0.2) is 0 Å².